The van der Waals surface area contributed by atoms with Crippen LogP contribution in [0, 0.1) is 0 Å². The molecule has 2 unspecified atom stereocenters. The van der Waals surface area contributed by atoms with Crippen LogP contribution in [-0.4, -0.2) is 54.2 Å². The van der Waals surface area contributed by atoms with E-state index < -0.39 is 41.3 Å². The summed E-state index contributed by atoms with van der Waals surface area (Å²) in [7, 11) is -6.52. The largest absolute Gasteiger partial charge is 0.506 e. The molecule has 222 valence electrons. The molecule has 41 heavy (non-hydrogen) atoms. The molecule has 0 saturated carbocycles. The van der Waals surface area contributed by atoms with Crippen LogP contribution in [-0.2, 0) is 31.1 Å². The number of aliphatic hydroxyl groups excluding tert-OH is 1. The smallest absolute Gasteiger partial charge is 0.329 e. The molecular formula is C26H31ClN3O9PS. The number of aliphatic hydroxyl groups is 1. The second-order valence-electron chi connectivity index (χ2n) is 9.49. The number of halogens is 1. The third-order valence-electron chi connectivity index (χ3n) is 6.14. The lowest BCUT2D eigenvalue weighted by molar-refractivity contribution is -0.122. The Hall–Kier alpha value is -3.16. The molecule has 7 N–H and O–H groups in total. The van der Waals surface area contributed by atoms with Gasteiger partial charge in [0.05, 0.1) is 42.0 Å². The van der Waals surface area contributed by atoms with Crippen LogP contribution in [0.2, 0.25) is 5.02 Å². The topological polar surface area (TPSA) is 195 Å². The molecule has 3 aromatic carbocycles. The number of aromatic hydroxyl groups is 1. The van der Waals surface area contributed by atoms with Crippen molar-refractivity contribution in [2.75, 3.05) is 29.9 Å². The third kappa shape index (κ3) is 8.91. The van der Waals surface area contributed by atoms with Crippen molar-refractivity contribution in [1.82, 2.24) is 5.32 Å². The molecule has 12 nitrogen and oxygen atoms in total. The summed E-state index contributed by atoms with van der Waals surface area (Å²) in [6.07, 6.45) is -0.813. The van der Waals surface area contributed by atoms with E-state index in [-0.39, 0.29) is 34.3 Å². The summed E-state index contributed by atoms with van der Waals surface area (Å²) in [5, 5.41) is 26.8. The van der Waals surface area contributed by atoms with Crippen molar-refractivity contribution >= 4 is 46.5 Å². The minimum absolute atomic E-state index is 0.0661. The van der Waals surface area contributed by atoms with Crippen LogP contribution in [0.3, 0.4) is 0 Å². The molecule has 3 aromatic rings. The normalized spacial score (nSPS) is 14.1. The van der Waals surface area contributed by atoms with Gasteiger partial charge in [0.15, 0.2) is 0 Å². The van der Waals surface area contributed by atoms with Gasteiger partial charge in [-0.25, -0.2) is 8.42 Å². The van der Waals surface area contributed by atoms with Gasteiger partial charge in [-0.1, -0.05) is 35.9 Å². The molecule has 0 saturated heterocycles. The van der Waals surface area contributed by atoms with E-state index in [1.54, 1.807) is 31.2 Å². The zero-order valence-corrected chi connectivity index (χ0v) is 24.8. The molecule has 0 spiro atoms. The first-order valence-corrected chi connectivity index (χ1v) is 16.1. The molecule has 0 heterocycles. The number of hydrogen-bond acceptors (Lipinski definition) is 8. The molecule has 15 heteroatoms. The van der Waals surface area contributed by atoms with Crippen molar-refractivity contribution in [3.05, 3.63) is 82.4 Å². The standard InChI is InChI=1S/C26H31ClN3O9PS/c1-26(18-6-8-19(39-2)9-7-18,25(33)29-21-10-4-16(12-20(21)27)15-40(34,35)36)28-14-24(32)17-5-11-23(31)22(13-17)30-41(3,37)38/h4-13,24,28,30-32H,14-15H2,1-3H3,(H,29,33)(H2,34,35,36). The molecule has 0 bridgehead atoms. The lowest BCUT2D eigenvalue weighted by Gasteiger charge is -2.32. The predicted molar refractivity (Wildman–Crippen MR) is 156 cm³/mol. The van der Waals surface area contributed by atoms with Crippen molar-refractivity contribution in [3.63, 3.8) is 0 Å². The third-order valence-corrected chi connectivity index (χ3v) is 7.82. The Bertz CT molecular complexity index is 1560. The SMILES string of the molecule is COc1ccc(C(C)(NCC(O)c2ccc(O)c(NS(C)(=O)=O)c2)C(=O)Nc2ccc(CP(=O)(O)O)cc2Cl)cc1. The molecule has 0 fully saturated rings. The molecule has 1 amide bonds. The molecule has 2 atom stereocenters. The van der Waals surface area contributed by atoms with Crippen LogP contribution in [0.5, 0.6) is 11.5 Å². The number of nitrogens with one attached hydrogen (secondary N) is 3. The van der Waals surface area contributed by atoms with Crippen LogP contribution < -0.4 is 20.1 Å². The average molecular weight is 628 g/mol. The summed E-state index contributed by atoms with van der Waals surface area (Å²) < 4.78 is 42.0. The zero-order chi connectivity index (χ0) is 30.6. The van der Waals surface area contributed by atoms with E-state index in [0.717, 1.165) is 6.26 Å². The van der Waals surface area contributed by atoms with Crippen molar-refractivity contribution < 1.29 is 42.5 Å². The number of carbonyl (C=O) groups excluding carboxylic acids is 1. The number of amides is 1. The van der Waals surface area contributed by atoms with Gasteiger partial charge in [-0.3, -0.25) is 19.4 Å². The van der Waals surface area contributed by atoms with Gasteiger partial charge in [0.1, 0.15) is 17.0 Å². The first-order chi connectivity index (χ1) is 19.0. The molecule has 0 aliphatic rings. The second-order valence-corrected chi connectivity index (χ2v) is 13.3. The summed E-state index contributed by atoms with van der Waals surface area (Å²) in [4.78, 5) is 32.1. The number of sulfonamides is 1. The highest BCUT2D eigenvalue weighted by Crippen LogP contribution is 2.40. The number of rotatable bonds is 12. The Labute approximate surface area is 242 Å². The highest BCUT2D eigenvalue weighted by molar-refractivity contribution is 7.92. The Kier molecular flexibility index (Phi) is 10.1. The zero-order valence-electron chi connectivity index (χ0n) is 22.3. The lowest BCUT2D eigenvalue weighted by Crippen LogP contribution is -2.51. The van der Waals surface area contributed by atoms with Crippen molar-refractivity contribution in [2.24, 2.45) is 0 Å². The van der Waals surface area contributed by atoms with Gasteiger partial charge in [0.25, 0.3) is 0 Å². The van der Waals surface area contributed by atoms with E-state index in [1.165, 1.54) is 43.5 Å². The highest BCUT2D eigenvalue weighted by atomic mass is 35.5. The van der Waals surface area contributed by atoms with Gasteiger partial charge in [-0.2, -0.15) is 0 Å². The van der Waals surface area contributed by atoms with Crippen molar-refractivity contribution in [3.8, 4) is 11.5 Å². The Morgan fingerprint density at radius 1 is 1.07 bits per heavy atom. The molecule has 0 aromatic heterocycles. The number of phenols is 1. The number of anilines is 2. The van der Waals surface area contributed by atoms with Gasteiger partial charge in [-0.15, -0.1) is 0 Å². The summed E-state index contributed by atoms with van der Waals surface area (Å²) in [5.41, 5.74) is -0.310. The monoisotopic (exact) mass is 627 g/mol. The number of hydrogen-bond donors (Lipinski definition) is 7. The number of phenolic OH excluding ortho intramolecular Hbond substituents is 1. The van der Waals surface area contributed by atoms with E-state index in [0.29, 0.717) is 16.9 Å². The maximum absolute atomic E-state index is 13.7. The maximum atomic E-state index is 13.7. The summed E-state index contributed by atoms with van der Waals surface area (Å²) >= 11 is 6.31. The minimum Gasteiger partial charge on any atom is -0.506 e. The van der Waals surface area contributed by atoms with Crippen LogP contribution >= 0.6 is 19.2 Å². The Morgan fingerprint density at radius 3 is 2.29 bits per heavy atom. The second kappa shape index (κ2) is 12.8. The van der Waals surface area contributed by atoms with Gasteiger partial charge in [0.2, 0.25) is 15.9 Å². The highest BCUT2D eigenvalue weighted by Gasteiger charge is 2.36. The Morgan fingerprint density at radius 2 is 1.73 bits per heavy atom. The molecule has 0 aliphatic heterocycles. The quantitative estimate of drug-likeness (QED) is 0.116. The minimum atomic E-state index is -4.32. The van der Waals surface area contributed by atoms with E-state index in [4.69, 9.17) is 16.3 Å². The number of carbonyl (C=O) groups is 1. The van der Waals surface area contributed by atoms with Crippen LogP contribution in [0.4, 0.5) is 11.4 Å². The van der Waals surface area contributed by atoms with E-state index in [2.05, 4.69) is 15.4 Å². The van der Waals surface area contributed by atoms with Gasteiger partial charge < -0.3 is 30.1 Å². The van der Waals surface area contributed by atoms with Gasteiger partial charge in [0, 0.05) is 6.54 Å². The van der Waals surface area contributed by atoms with E-state index in [9.17, 15) is 37.8 Å². The van der Waals surface area contributed by atoms with Crippen molar-refractivity contribution in [1.29, 1.82) is 0 Å². The molecule has 0 radical (unpaired) electrons. The first kappa shape index (κ1) is 32.4. The van der Waals surface area contributed by atoms with Gasteiger partial charge in [-0.05, 0) is 60.0 Å². The van der Waals surface area contributed by atoms with E-state index in [1.807, 2.05) is 0 Å². The van der Waals surface area contributed by atoms with Crippen molar-refractivity contribution in [2.45, 2.75) is 24.7 Å². The fourth-order valence-electron chi connectivity index (χ4n) is 3.94. The summed E-state index contributed by atoms with van der Waals surface area (Å²) in [6.45, 7) is 1.41. The number of ether oxygens (including phenoxy) is 1. The fraction of sp³-hybridized carbons (Fsp3) is 0.269. The van der Waals surface area contributed by atoms with E-state index >= 15 is 0 Å². The maximum Gasteiger partial charge on any atom is 0.329 e. The average Bonchev–Trinajstić information content (AvgIpc) is 2.88. The number of methoxy groups -OCH3 is 1. The lowest BCUT2D eigenvalue weighted by atomic mass is 9.90. The Balaban J connectivity index is 1.89. The fourth-order valence-corrected chi connectivity index (χ4v) is 5.43. The molecule has 0 aliphatic carbocycles. The summed E-state index contributed by atoms with van der Waals surface area (Å²) in [6, 6.07) is 14.8. The number of benzene rings is 3. The van der Waals surface area contributed by atoms with Crippen LogP contribution in [0.15, 0.2) is 60.7 Å². The molecule has 3 rings (SSSR count). The van der Waals surface area contributed by atoms with Gasteiger partial charge >= 0.3 is 7.60 Å². The summed E-state index contributed by atoms with van der Waals surface area (Å²) in [5.74, 6) is -0.342. The van der Waals surface area contributed by atoms with Crippen LogP contribution in [0.25, 0.3) is 0 Å². The predicted octanol–water partition coefficient (Wildman–Crippen LogP) is 3.28. The molecular weight excluding hydrogens is 597 g/mol. The van der Waals surface area contributed by atoms with Crippen LogP contribution in [0.1, 0.15) is 29.7 Å². The first-order valence-electron chi connectivity index (χ1n) is 12.0.